The fraction of sp³-hybridized carbons (Fsp3) is 0.125. The van der Waals surface area contributed by atoms with E-state index < -0.39 is 0 Å². The summed E-state index contributed by atoms with van der Waals surface area (Å²) in [5.74, 6) is 0.659. The zero-order chi connectivity index (χ0) is 8.10. The van der Waals surface area contributed by atoms with Gasteiger partial charge < -0.3 is 10.5 Å². The van der Waals surface area contributed by atoms with Crippen LogP contribution in [0.5, 0.6) is 5.75 Å². The van der Waals surface area contributed by atoms with Gasteiger partial charge in [0.05, 0.1) is 0 Å². The van der Waals surface area contributed by atoms with E-state index in [-0.39, 0.29) is 6.61 Å². The molecule has 0 heterocycles. The van der Waals surface area contributed by atoms with E-state index >= 15 is 0 Å². The Morgan fingerprint density at radius 1 is 1.36 bits per heavy atom. The Labute approximate surface area is 64.8 Å². The summed E-state index contributed by atoms with van der Waals surface area (Å²) in [6, 6.07) is 6.89. The molecule has 1 aromatic carbocycles. The molecule has 0 amide bonds. The first kappa shape index (κ1) is 7.60. The van der Waals surface area contributed by atoms with Gasteiger partial charge in [-0.25, -0.2) is 0 Å². The summed E-state index contributed by atoms with van der Waals surface area (Å²) in [4.78, 5) is 9.90. The van der Waals surface area contributed by atoms with E-state index in [1.54, 1.807) is 24.3 Å². The van der Waals surface area contributed by atoms with Crippen LogP contribution in [-0.4, -0.2) is 12.9 Å². The molecule has 58 valence electrons. The zero-order valence-corrected chi connectivity index (χ0v) is 5.99. The van der Waals surface area contributed by atoms with Crippen molar-refractivity contribution in [2.45, 2.75) is 0 Å². The highest BCUT2D eigenvalue weighted by molar-refractivity contribution is 5.51. The molecule has 0 saturated heterocycles. The second-order valence-corrected chi connectivity index (χ2v) is 2.05. The average Bonchev–Trinajstić information content (AvgIpc) is 2.04. The highest BCUT2D eigenvalue weighted by Gasteiger charge is 1.90. The molecule has 0 radical (unpaired) electrons. The molecule has 0 spiro atoms. The number of benzene rings is 1. The van der Waals surface area contributed by atoms with Crippen molar-refractivity contribution in [1.82, 2.24) is 0 Å². The molecule has 0 aromatic heterocycles. The second kappa shape index (κ2) is 3.61. The van der Waals surface area contributed by atoms with Crippen molar-refractivity contribution in [3.8, 4) is 5.75 Å². The van der Waals surface area contributed by atoms with Gasteiger partial charge in [0.1, 0.15) is 12.4 Å². The quantitative estimate of drug-likeness (QED) is 0.514. The molecule has 1 aromatic rings. The number of carbonyl (C=O) groups excluding carboxylic acids is 1. The first-order chi connectivity index (χ1) is 5.33. The molecule has 0 unspecified atom stereocenters. The molecule has 0 fully saturated rings. The number of ether oxygens (including phenoxy) is 1. The van der Waals surface area contributed by atoms with Crippen LogP contribution in [0.15, 0.2) is 24.3 Å². The molecule has 2 N–H and O–H groups in total. The largest absolute Gasteiger partial charge is 0.486 e. The number of nitrogen functional groups attached to an aromatic ring is 1. The Balaban J connectivity index is 2.58. The molecule has 3 nitrogen and oxygen atoms in total. The SMILES string of the molecule is Nc1ccc(OCC=O)cc1. The maximum absolute atomic E-state index is 9.90. The molecule has 0 atom stereocenters. The summed E-state index contributed by atoms with van der Waals surface area (Å²) in [7, 11) is 0. The molecule has 1 rings (SSSR count). The molecule has 0 aliphatic rings. The van der Waals surface area contributed by atoms with Gasteiger partial charge >= 0.3 is 0 Å². The number of aldehydes is 1. The van der Waals surface area contributed by atoms with E-state index in [2.05, 4.69) is 0 Å². The minimum absolute atomic E-state index is 0.0872. The fourth-order valence-corrected chi connectivity index (χ4v) is 0.694. The molecule has 0 saturated carbocycles. The molecule has 0 aliphatic carbocycles. The van der Waals surface area contributed by atoms with E-state index in [0.717, 1.165) is 0 Å². The number of carbonyl (C=O) groups is 1. The predicted octanol–water partition coefficient (Wildman–Crippen LogP) is 0.847. The Kier molecular flexibility index (Phi) is 2.49. The lowest BCUT2D eigenvalue weighted by Gasteiger charge is -2.00. The molecule has 11 heavy (non-hydrogen) atoms. The van der Waals surface area contributed by atoms with Crippen LogP contribution in [0, 0.1) is 0 Å². The lowest BCUT2D eigenvalue weighted by molar-refractivity contribution is -0.109. The molecular weight excluding hydrogens is 142 g/mol. The van der Waals surface area contributed by atoms with E-state index in [1.165, 1.54) is 0 Å². The summed E-state index contributed by atoms with van der Waals surface area (Å²) < 4.78 is 4.99. The summed E-state index contributed by atoms with van der Waals surface area (Å²) in [6.07, 6.45) is 0.705. The van der Waals surface area contributed by atoms with Gasteiger partial charge in [0.2, 0.25) is 0 Å². The van der Waals surface area contributed by atoms with E-state index in [0.29, 0.717) is 17.7 Å². The van der Waals surface area contributed by atoms with E-state index in [1.807, 2.05) is 0 Å². The number of hydrogen-bond acceptors (Lipinski definition) is 3. The highest BCUT2D eigenvalue weighted by atomic mass is 16.5. The van der Waals surface area contributed by atoms with Gasteiger partial charge in [0, 0.05) is 5.69 Å². The minimum atomic E-state index is 0.0872. The third-order valence-electron chi connectivity index (χ3n) is 1.20. The van der Waals surface area contributed by atoms with Gasteiger partial charge in [-0.05, 0) is 24.3 Å². The van der Waals surface area contributed by atoms with Crippen LogP contribution in [0.25, 0.3) is 0 Å². The van der Waals surface area contributed by atoms with Crippen LogP contribution >= 0.6 is 0 Å². The lowest BCUT2D eigenvalue weighted by Crippen LogP contribution is -1.97. The standard InChI is InChI=1S/C8H9NO2/c9-7-1-3-8(4-2-7)11-6-5-10/h1-5H,6,9H2. The van der Waals surface area contributed by atoms with Gasteiger partial charge in [-0.2, -0.15) is 0 Å². The van der Waals surface area contributed by atoms with Gasteiger partial charge in [-0.3, -0.25) is 4.79 Å². The van der Waals surface area contributed by atoms with Crippen LogP contribution in [0.1, 0.15) is 0 Å². The topological polar surface area (TPSA) is 52.3 Å². The van der Waals surface area contributed by atoms with Gasteiger partial charge in [-0.1, -0.05) is 0 Å². The summed E-state index contributed by atoms with van der Waals surface area (Å²) in [6.45, 7) is 0.0872. The Morgan fingerprint density at radius 3 is 2.55 bits per heavy atom. The van der Waals surface area contributed by atoms with Gasteiger partial charge in [0.25, 0.3) is 0 Å². The van der Waals surface area contributed by atoms with Crippen LogP contribution in [0.3, 0.4) is 0 Å². The smallest absolute Gasteiger partial charge is 0.157 e. The Hall–Kier alpha value is -1.51. The minimum Gasteiger partial charge on any atom is -0.486 e. The van der Waals surface area contributed by atoms with Crippen molar-refractivity contribution in [2.24, 2.45) is 0 Å². The molecule has 3 heteroatoms. The van der Waals surface area contributed by atoms with E-state index in [9.17, 15) is 4.79 Å². The maximum Gasteiger partial charge on any atom is 0.157 e. The summed E-state index contributed by atoms with van der Waals surface area (Å²) >= 11 is 0. The maximum atomic E-state index is 9.90. The Morgan fingerprint density at radius 2 is 2.00 bits per heavy atom. The monoisotopic (exact) mass is 151 g/mol. The predicted molar refractivity (Wildman–Crippen MR) is 42.4 cm³/mol. The normalized spacial score (nSPS) is 9.09. The molecule has 0 bridgehead atoms. The van der Waals surface area contributed by atoms with Crippen molar-refractivity contribution in [3.63, 3.8) is 0 Å². The van der Waals surface area contributed by atoms with Crippen molar-refractivity contribution in [3.05, 3.63) is 24.3 Å². The first-order valence-electron chi connectivity index (χ1n) is 3.25. The highest BCUT2D eigenvalue weighted by Crippen LogP contribution is 2.12. The third kappa shape index (κ3) is 2.29. The van der Waals surface area contributed by atoms with Gasteiger partial charge in [-0.15, -0.1) is 0 Å². The van der Waals surface area contributed by atoms with Crippen LogP contribution in [0.2, 0.25) is 0 Å². The second-order valence-electron chi connectivity index (χ2n) is 2.05. The fourth-order valence-electron chi connectivity index (χ4n) is 0.694. The number of anilines is 1. The van der Waals surface area contributed by atoms with Crippen LogP contribution in [0.4, 0.5) is 5.69 Å². The Bertz CT molecular complexity index is 230. The number of nitrogens with two attached hydrogens (primary N) is 1. The zero-order valence-electron chi connectivity index (χ0n) is 5.99. The average molecular weight is 151 g/mol. The lowest BCUT2D eigenvalue weighted by atomic mass is 10.3. The van der Waals surface area contributed by atoms with Crippen molar-refractivity contribution in [1.29, 1.82) is 0 Å². The molecular formula is C8H9NO2. The third-order valence-corrected chi connectivity index (χ3v) is 1.20. The molecule has 0 aliphatic heterocycles. The number of hydrogen-bond donors (Lipinski definition) is 1. The number of rotatable bonds is 3. The van der Waals surface area contributed by atoms with Crippen LogP contribution in [-0.2, 0) is 4.79 Å². The van der Waals surface area contributed by atoms with Gasteiger partial charge in [0.15, 0.2) is 6.29 Å². The van der Waals surface area contributed by atoms with Crippen LogP contribution < -0.4 is 10.5 Å². The summed E-state index contributed by atoms with van der Waals surface area (Å²) in [5.41, 5.74) is 6.11. The van der Waals surface area contributed by atoms with E-state index in [4.69, 9.17) is 10.5 Å². The summed E-state index contributed by atoms with van der Waals surface area (Å²) in [5, 5.41) is 0. The van der Waals surface area contributed by atoms with Crippen molar-refractivity contribution < 1.29 is 9.53 Å². The van der Waals surface area contributed by atoms with Crippen molar-refractivity contribution in [2.75, 3.05) is 12.3 Å². The first-order valence-corrected chi connectivity index (χ1v) is 3.25. The van der Waals surface area contributed by atoms with Crippen molar-refractivity contribution >= 4 is 12.0 Å².